The van der Waals surface area contributed by atoms with Crippen LogP contribution in [0.2, 0.25) is 0 Å². The Kier molecular flexibility index (Phi) is 4.16. The highest BCUT2D eigenvalue weighted by Crippen LogP contribution is 2.37. The Labute approximate surface area is 126 Å². The van der Waals surface area contributed by atoms with Gasteiger partial charge in [0.15, 0.2) is 0 Å². The third-order valence-electron chi connectivity index (χ3n) is 3.63. The van der Waals surface area contributed by atoms with Crippen LogP contribution in [0.1, 0.15) is 25.5 Å². The summed E-state index contributed by atoms with van der Waals surface area (Å²) < 4.78 is 22.9. The molecule has 1 aliphatic rings. The van der Waals surface area contributed by atoms with Gasteiger partial charge in [0.05, 0.1) is 18.1 Å². The molecule has 4 N–H and O–H groups in total. The Bertz CT molecular complexity index is 715. The SMILES string of the molecule is Nc1ncnc2c1ccn2[C@H]1CC[C@@H](CCOP(=O)(O)O)O1. The molecule has 0 radical (unpaired) electrons. The van der Waals surface area contributed by atoms with Crippen LogP contribution in [0.25, 0.3) is 11.0 Å². The van der Waals surface area contributed by atoms with Gasteiger partial charge in [-0.3, -0.25) is 4.52 Å². The second kappa shape index (κ2) is 5.94. The van der Waals surface area contributed by atoms with E-state index in [1.807, 2.05) is 16.8 Å². The minimum absolute atomic E-state index is 0.0385. The number of rotatable bonds is 5. The molecular weight excluding hydrogens is 311 g/mol. The van der Waals surface area contributed by atoms with E-state index in [9.17, 15) is 4.57 Å². The van der Waals surface area contributed by atoms with E-state index in [0.717, 1.165) is 18.2 Å². The zero-order valence-corrected chi connectivity index (χ0v) is 12.6. The van der Waals surface area contributed by atoms with Crippen LogP contribution in [0.15, 0.2) is 18.6 Å². The van der Waals surface area contributed by atoms with E-state index in [1.165, 1.54) is 6.33 Å². The van der Waals surface area contributed by atoms with Crippen molar-refractivity contribution in [1.29, 1.82) is 0 Å². The van der Waals surface area contributed by atoms with Gasteiger partial charge in [-0.05, 0) is 25.3 Å². The van der Waals surface area contributed by atoms with E-state index >= 15 is 0 Å². The standard InChI is InChI=1S/C12H17N4O5P/c13-11-9-3-5-16(12(9)15-7-14-11)10-2-1-8(21-10)4-6-20-22(17,18)19/h3,5,7-8,10H,1-2,4,6H2,(H2,13,14,15)(H2,17,18,19)/t8-,10+/m0/s1. The smallest absolute Gasteiger partial charge is 0.383 e. The third kappa shape index (κ3) is 3.29. The molecule has 0 bridgehead atoms. The van der Waals surface area contributed by atoms with Gasteiger partial charge in [0.2, 0.25) is 0 Å². The van der Waals surface area contributed by atoms with Crippen molar-refractivity contribution in [2.24, 2.45) is 0 Å². The minimum Gasteiger partial charge on any atom is -0.383 e. The lowest BCUT2D eigenvalue weighted by molar-refractivity contribution is -0.00540. The number of phosphoric acid groups is 1. The maximum absolute atomic E-state index is 10.6. The summed E-state index contributed by atoms with van der Waals surface area (Å²) >= 11 is 0. The van der Waals surface area contributed by atoms with Crippen LogP contribution >= 0.6 is 7.82 Å². The summed E-state index contributed by atoms with van der Waals surface area (Å²) in [7, 11) is -4.42. The zero-order chi connectivity index (χ0) is 15.7. The highest BCUT2D eigenvalue weighted by atomic mass is 31.2. The number of phosphoric ester groups is 1. The van der Waals surface area contributed by atoms with Gasteiger partial charge in [-0.2, -0.15) is 0 Å². The van der Waals surface area contributed by atoms with Crippen LogP contribution in [-0.4, -0.2) is 37.0 Å². The molecule has 1 saturated heterocycles. The first kappa shape index (κ1) is 15.4. The molecule has 9 nitrogen and oxygen atoms in total. The summed E-state index contributed by atoms with van der Waals surface area (Å²) in [4.78, 5) is 25.5. The molecule has 3 heterocycles. The fraction of sp³-hybridized carbons (Fsp3) is 0.500. The highest BCUT2D eigenvalue weighted by Gasteiger charge is 2.28. The number of hydrogen-bond acceptors (Lipinski definition) is 6. The van der Waals surface area contributed by atoms with Crippen molar-refractivity contribution in [3.05, 3.63) is 18.6 Å². The van der Waals surface area contributed by atoms with Gasteiger partial charge < -0.3 is 24.8 Å². The van der Waals surface area contributed by atoms with Crippen molar-refractivity contribution in [1.82, 2.24) is 14.5 Å². The van der Waals surface area contributed by atoms with Crippen LogP contribution in [-0.2, 0) is 13.8 Å². The van der Waals surface area contributed by atoms with Gasteiger partial charge in [0.25, 0.3) is 0 Å². The molecule has 2 aromatic heterocycles. The zero-order valence-electron chi connectivity index (χ0n) is 11.7. The van der Waals surface area contributed by atoms with Crippen LogP contribution in [0, 0.1) is 0 Å². The van der Waals surface area contributed by atoms with Gasteiger partial charge >= 0.3 is 7.82 Å². The van der Waals surface area contributed by atoms with E-state index in [2.05, 4.69) is 14.5 Å². The van der Waals surface area contributed by atoms with E-state index in [-0.39, 0.29) is 18.9 Å². The lowest BCUT2D eigenvalue weighted by atomic mass is 10.2. The average Bonchev–Trinajstić information content (AvgIpc) is 3.04. The first-order valence-electron chi connectivity index (χ1n) is 6.86. The molecular formula is C12H17N4O5P. The third-order valence-corrected chi connectivity index (χ3v) is 4.15. The molecule has 2 aromatic rings. The van der Waals surface area contributed by atoms with Crippen LogP contribution in [0.5, 0.6) is 0 Å². The van der Waals surface area contributed by atoms with E-state index < -0.39 is 7.82 Å². The number of nitrogens with zero attached hydrogens (tertiary/aromatic N) is 3. The molecule has 22 heavy (non-hydrogen) atoms. The number of aromatic nitrogens is 3. The molecule has 2 atom stereocenters. The number of anilines is 1. The van der Waals surface area contributed by atoms with Crippen molar-refractivity contribution < 1.29 is 23.6 Å². The van der Waals surface area contributed by atoms with Gasteiger partial charge in [-0.15, -0.1) is 0 Å². The Hall–Kier alpha value is -1.51. The topological polar surface area (TPSA) is 133 Å². The quantitative estimate of drug-likeness (QED) is 0.697. The monoisotopic (exact) mass is 328 g/mol. The van der Waals surface area contributed by atoms with Gasteiger partial charge in [0.1, 0.15) is 24.0 Å². The van der Waals surface area contributed by atoms with Crippen molar-refractivity contribution >= 4 is 24.7 Å². The summed E-state index contributed by atoms with van der Waals surface area (Å²) in [6.07, 6.45) is 4.99. The van der Waals surface area contributed by atoms with Crippen molar-refractivity contribution in [3.8, 4) is 0 Å². The maximum atomic E-state index is 10.6. The highest BCUT2D eigenvalue weighted by molar-refractivity contribution is 7.46. The fourth-order valence-electron chi connectivity index (χ4n) is 2.63. The second-order valence-corrected chi connectivity index (χ2v) is 6.36. The first-order valence-corrected chi connectivity index (χ1v) is 8.39. The molecule has 0 saturated carbocycles. The largest absolute Gasteiger partial charge is 0.469 e. The van der Waals surface area contributed by atoms with Gasteiger partial charge in [0, 0.05) is 6.20 Å². The number of fused-ring (bicyclic) bond motifs is 1. The molecule has 1 aliphatic heterocycles. The normalized spacial score (nSPS) is 22.5. The minimum atomic E-state index is -4.42. The number of nitrogens with two attached hydrogens (primary N) is 1. The molecule has 0 spiro atoms. The summed E-state index contributed by atoms with van der Waals surface area (Å²) in [5.74, 6) is 0.424. The summed E-state index contributed by atoms with van der Waals surface area (Å²) in [5, 5.41) is 0.777. The van der Waals surface area contributed by atoms with Crippen molar-refractivity contribution in [2.45, 2.75) is 31.6 Å². The average molecular weight is 328 g/mol. The van der Waals surface area contributed by atoms with E-state index in [0.29, 0.717) is 17.9 Å². The Morgan fingerprint density at radius 1 is 1.45 bits per heavy atom. The molecule has 0 aromatic carbocycles. The van der Waals surface area contributed by atoms with Crippen LogP contribution in [0.3, 0.4) is 0 Å². The van der Waals surface area contributed by atoms with Crippen molar-refractivity contribution in [3.63, 3.8) is 0 Å². The predicted octanol–water partition coefficient (Wildman–Crippen LogP) is 1.19. The Morgan fingerprint density at radius 3 is 3.05 bits per heavy atom. The Morgan fingerprint density at radius 2 is 2.27 bits per heavy atom. The number of nitrogen functional groups attached to an aromatic ring is 1. The van der Waals surface area contributed by atoms with Gasteiger partial charge in [-0.1, -0.05) is 0 Å². The predicted molar refractivity (Wildman–Crippen MR) is 77.7 cm³/mol. The molecule has 0 aliphatic carbocycles. The molecule has 0 amide bonds. The fourth-order valence-corrected chi connectivity index (χ4v) is 2.97. The number of hydrogen-bond donors (Lipinski definition) is 3. The molecule has 0 unspecified atom stereocenters. The molecule has 10 heteroatoms. The molecule has 1 fully saturated rings. The second-order valence-electron chi connectivity index (χ2n) is 5.12. The lowest BCUT2D eigenvalue weighted by Gasteiger charge is -2.16. The molecule has 3 rings (SSSR count). The van der Waals surface area contributed by atoms with Gasteiger partial charge in [-0.25, -0.2) is 14.5 Å². The lowest BCUT2D eigenvalue weighted by Crippen LogP contribution is -2.13. The Balaban J connectivity index is 1.65. The van der Waals surface area contributed by atoms with Crippen molar-refractivity contribution in [2.75, 3.05) is 12.3 Å². The number of ether oxygens (including phenoxy) is 1. The maximum Gasteiger partial charge on any atom is 0.469 e. The summed E-state index contributed by atoms with van der Waals surface area (Å²) in [5.41, 5.74) is 6.52. The van der Waals surface area contributed by atoms with Crippen LogP contribution < -0.4 is 5.73 Å². The van der Waals surface area contributed by atoms with Crippen LogP contribution in [0.4, 0.5) is 5.82 Å². The summed E-state index contributed by atoms with van der Waals surface area (Å²) in [6.45, 7) is -0.0385. The summed E-state index contributed by atoms with van der Waals surface area (Å²) in [6, 6.07) is 1.85. The molecule has 120 valence electrons. The van der Waals surface area contributed by atoms with E-state index in [4.69, 9.17) is 20.3 Å². The first-order chi connectivity index (χ1) is 10.4. The van der Waals surface area contributed by atoms with E-state index in [1.54, 1.807) is 0 Å².